The number of halogens is 4. The summed E-state index contributed by atoms with van der Waals surface area (Å²) < 4.78 is 51.1. The Hall–Kier alpha value is -3.34. The number of rotatable bonds is 5. The molecular formula is C31H31ClF3N5O2. The van der Waals surface area contributed by atoms with Gasteiger partial charge in [-0.25, -0.2) is 13.2 Å². The monoisotopic (exact) mass is 597 g/mol. The fraction of sp³-hybridized carbons (Fsp3) is 0.419. The molecule has 3 unspecified atom stereocenters. The maximum Gasteiger partial charge on any atom is 0.319 e. The minimum Gasteiger partial charge on any atom is -0.508 e. The van der Waals surface area contributed by atoms with E-state index in [1.54, 1.807) is 24.1 Å². The van der Waals surface area contributed by atoms with Crippen LogP contribution in [0, 0.1) is 11.7 Å². The summed E-state index contributed by atoms with van der Waals surface area (Å²) in [6, 6.07) is 12.7. The van der Waals surface area contributed by atoms with E-state index < -0.39 is 17.7 Å². The highest BCUT2D eigenvalue weighted by Gasteiger charge is 2.39. The number of benzene rings is 3. The second-order valence-electron chi connectivity index (χ2n) is 12.0. The Kier molecular flexibility index (Phi) is 6.83. The third-order valence-corrected chi connectivity index (χ3v) is 8.88. The van der Waals surface area contributed by atoms with Crippen molar-refractivity contribution in [2.45, 2.75) is 37.3 Å². The number of aromatic nitrogens is 2. The molecule has 3 aliphatic heterocycles. The van der Waals surface area contributed by atoms with Gasteiger partial charge < -0.3 is 25.0 Å². The number of fused-ring (bicyclic) bond motifs is 4. The van der Waals surface area contributed by atoms with Gasteiger partial charge in [0.05, 0.1) is 18.2 Å². The fourth-order valence-electron chi connectivity index (χ4n) is 6.94. The Morgan fingerprint density at radius 2 is 1.83 bits per heavy atom. The number of ether oxygens (including phenoxy) is 1. The molecule has 3 aliphatic rings. The predicted octanol–water partition coefficient (Wildman–Crippen LogP) is 5.85. The SMILES string of the molecule is CN1CC(COc2nc(N3CC4CCC(C3)N4)c3cc(Cl)c(-c4cc(O)cc5ccccc45)c(F)c3n2)CC(F)(F)C1. The summed E-state index contributed by atoms with van der Waals surface area (Å²) in [6.45, 7) is 1.51. The van der Waals surface area contributed by atoms with E-state index in [4.69, 9.17) is 21.3 Å². The van der Waals surface area contributed by atoms with Crippen LogP contribution in [0.2, 0.25) is 5.02 Å². The third kappa shape index (κ3) is 5.09. The molecule has 3 fully saturated rings. The number of piperazine rings is 1. The van der Waals surface area contributed by atoms with E-state index in [0.29, 0.717) is 36.4 Å². The summed E-state index contributed by atoms with van der Waals surface area (Å²) in [5.74, 6) is -3.41. The first-order valence-electron chi connectivity index (χ1n) is 14.3. The summed E-state index contributed by atoms with van der Waals surface area (Å²) >= 11 is 6.80. The number of phenols is 1. The molecule has 3 saturated heterocycles. The second kappa shape index (κ2) is 10.4. The average molecular weight is 598 g/mol. The number of nitrogens with one attached hydrogen (secondary N) is 1. The summed E-state index contributed by atoms with van der Waals surface area (Å²) in [4.78, 5) is 12.9. The molecule has 220 valence electrons. The topological polar surface area (TPSA) is 73.8 Å². The van der Waals surface area contributed by atoms with E-state index in [-0.39, 0.29) is 59.5 Å². The van der Waals surface area contributed by atoms with Gasteiger partial charge in [0.25, 0.3) is 5.92 Å². The van der Waals surface area contributed by atoms with Crippen LogP contribution >= 0.6 is 11.6 Å². The van der Waals surface area contributed by atoms with Crippen molar-refractivity contribution in [3.05, 3.63) is 53.3 Å². The molecule has 3 atom stereocenters. The lowest BCUT2D eigenvalue weighted by Crippen LogP contribution is -2.51. The maximum absolute atomic E-state index is 16.7. The van der Waals surface area contributed by atoms with Crippen LogP contribution < -0.4 is 15.0 Å². The van der Waals surface area contributed by atoms with Crippen LogP contribution in [0.4, 0.5) is 19.0 Å². The first-order chi connectivity index (χ1) is 20.1. The summed E-state index contributed by atoms with van der Waals surface area (Å²) in [5, 5.41) is 16.1. The fourth-order valence-corrected chi connectivity index (χ4v) is 7.23. The van der Waals surface area contributed by atoms with Crippen molar-refractivity contribution < 1.29 is 23.0 Å². The number of piperidine rings is 1. The summed E-state index contributed by atoms with van der Waals surface area (Å²) in [5.41, 5.74) is 0.574. The largest absolute Gasteiger partial charge is 0.508 e. The number of phenolic OH excluding ortho intramolecular Hbond substituents is 1. The quantitative estimate of drug-likeness (QED) is 0.299. The number of hydrogen-bond acceptors (Lipinski definition) is 7. The zero-order valence-corrected chi connectivity index (χ0v) is 23.8. The lowest BCUT2D eigenvalue weighted by atomic mass is 9.96. The molecule has 0 spiro atoms. The Labute approximate surface area is 246 Å². The molecule has 4 heterocycles. The molecule has 42 heavy (non-hydrogen) atoms. The van der Waals surface area contributed by atoms with Crippen LogP contribution in [0.1, 0.15) is 19.3 Å². The van der Waals surface area contributed by atoms with Crippen molar-refractivity contribution in [2.24, 2.45) is 5.92 Å². The van der Waals surface area contributed by atoms with Gasteiger partial charge in [0.15, 0.2) is 5.82 Å². The van der Waals surface area contributed by atoms with Gasteiger partial charge in [-0.1, -0.05) is 35.9 Å². The molecule has 0 saturated carbocycles. The van der Waals surface area contributed by atoms with Gasteiger partial charge in [0, 0.05) is 55.0 Å². The molecule has 3 aromatic carbocycles. The van der Waals surface area contributed by atoms with Crippen molar-refractivity contribution in [3.63, 3.8) is 0 Å². The highest BCUT2D eigenvalue weighted by atomic mass is 35.5. The maximum atomic E-state index is 16.7. The molecule has 0 aliphatic carbocycles. The molecule has 2 N–H and O–H groups in total. The molecule has 11 heteroatoms. The minimum absolute atomic E-state index is 0.0165. The Balaban J connectivity index is 1.35. The Bertz CT molecular complexity index is 1680. The number of alkyl halides is 2. The zero-order valence-electron chi connectivity index (χ0n) is 23.1. The van der Waals surface area contributed by atoms with Gasteiger partial charge in [0.1, 0.15) is 17.1 Å². The first-order valence-corrected chi connectivity index (χ1v) is 14.6. The van der Waals surface area contributed by atoms with Crippen molar-refractivity contribution in [2.75, 3.05) is 44.7 Å². The Morgan fingerprint density at radius 3 is 2.60 bits per heavy atom. The first kappa shape index (κ1) is 27.5. The molecule has 1 aromatic heterocycles. The van der Waals surface area contributed by atoms with Gasteiger partial charge >= 0.3 is 6.01 Å². The predicted molar refractivity (Wildman–Crippen MR) is 157 cm³/mol. The van der Waals surface area contributed by atoms with E-state index in [1.807, 2.05) is 24.3 Å². The lowest BCUT2D eigenvalue weighted by Gasteiger charge is -2.35. The van der Waals surface area contributed by atoms with Crippen LogP contribution in [0.5, 0.6) is 11.8 Å². The number of nitrogens with zero attached hydrogens (tertiary/aromatic N) is 4. The van der Waals surface area contributed by atoms with E-state index in [1.165, 1.54) is 6.07 Å². The van der Waals surface area contributed by atoms with E-state index in [2.05, 4.69) is 15.2 Å². The average Bonchev–Trinajstić information content (AvgIpc) is 3.27. The smallest absolute Gasteiger partial charge is 0.319 e. The zero-order chi connectivity index (χ0) is 29.2. The van der Waals surface area contributed by atoms with E-state index >= 15 is 4.39 Å². The van der Waals surface area contributed by atoms with Crippen LogP contribution in [0.3, 0.4) is 0 Å². The lowest BCUT2D eigenvalue weighted by molar-refractivity contribution is -0.0839. The van der Waals surface area contributed by atoms with Gasteiger partial charge in [-0.3, -0.25) is 0 Å². The van der Waals surface area contributed by atoms with Crippen LogP contribution in [-0.4, -0.2) is 77.8 Å². The normalized spacial score (nSPS) is 24.0. The molecule has 4 aromatic rings. The van der Waals surface area contributed by atoms with Gasteiger partial charge in [0.2, 0.25) is 0 Å². The molecule has 7 rings (SSSR count). The Morgan fingerprint density at radius 1 is 1.07 bits per heavy atom. The van der Waals surface area contributed by atoms with Crippen molar-refractivity contribution >= 4 is 39.1 Å². The summed E-state index contributed by atoms with van der Waals surface area (Å²) in [7, 11) is 1.66. The van der Waals surface area contributed by atoms with Gasteiger partial charge in [-0.15, -0.1) is 0 Å². The van der Waals surface area contributed by atoms with Gasteiger partial charge in [-0.2, -0.15) is 9.97 Å². The van der Waals surface area contributed by atoms with Crippen LogP contribution in [-0.2, 0) is 0 Å². The van der Waals surface area contributed by atoms with Gasteiger partial charge in [-0.05, 0) is 54.4 Å². The number of hydrogen-bond donors (Lipinski definition) is 2. The van der Waals surface area contributed by atoms with E-state index in [0.717, 1.165) is 23.6 Å². The van der Waals surface area contributed by atoms with Crippen molar-refractivity contribution in [1.82, 2.24) is 20.2 Å². The third-order valence-electron chi connectivity index (χ3n) is 8.58. The molecule has 0 radical (unpaired) electrons. The second-order valence-corrected chi connectivity index (χ2v) is 12.4. The minimum atomic E-state index is -2.81. The molecule has 7 nitrogen and oxygen atoms in total. The van der Waals surface area contributed by atoms with Crippen molar-refractivity contribution in [1.29, 1.82) is 0 Å². The standard InChI is InChI=1S/C31H31ClF3N5O2/c1-39-12-17(11-31(34,35)16-39)15-42-30-37-28-24(29(38-30)40-13-19-6-7-20(14-40)36-19)10-25(32)26(27(28)33)23-9-21(41)8-18-4-2-3-5-22(18)23/h2-5,8-10,17,19-20,36,41H,6-7,11-16H2,1H3. The van der Waals surface area contributed by atoms with Crippen LogP contribution in [0.15, 0.2) is 42.5 Å². The van der Waals surface area contributed by atoms with Crippen LogP contribution in [0.25, 0.3) is 32.8 Å². The van der Waals surface area contributed by atoms with E-state index in [9.17, 15) is 13.9 Å². The number of anilines is 1. The summed E-state index contributed by atoms with van der Waals surface area (Å²) in [6.07, 6.45) is 1.79. The number of aromatic hydroxyl groups is 1. The highest BCUT2D eigenvalue weighted by Crippen LogP contribution is 2.43. The molecule has 0 amide bonds. The molecule has 2 bridgehead atoms. The van der Waals surface area contributed by atoms with Crippen molar-refractivity contribution in [3.8, 4) is 22.9 Å². The highest BCUT2D eigenvalue weighted by molar-refractivity contribution is 6.35. The molecular weight excluding hydrogens is 567 g/mol. The number of likely N-dealkylation sites (tertiary alicyclic amines) is 1.